The Morgan fingerprint density at radius 2 is 1.89 bits per heavy atom. The fraction of sp³-hybridized carbons (Fsp3) is 0.522. The zero-order chi connectivity index (χ0) is 19.5. The summed E-state index contributed by atoms with van der Waals surface area (Å²) in [4.78, 5) is 32.2. The van der Waals surface area contributed by atoms with E-state index in [9.17, 15) is 9.59 Å². The Hall–Kier alpha value is -2.43. The Balaban J connectivity index is 1.58. The van der Waals surface area contributed by atoms with Crippen molar-refractivity contribution < 1.29 is 14.3 Å². The molecule has 28 heavy (non-hydrogen) atoms. The number of pyridine rings is 1. The van der Waals surface area contributed by atoms with Crippen molar-refractivity contribution in [1.29, 1.82) is 0 Å². The number of rotatable bonds is 3. The van der Waals surface area contributed by atoms with Gasteiger partial charge in [-0.1, -0.05) is 38.0 Å². The van der Waals surface area contributed by atoms with Crippen LogP contribution in [0.25, 0.3) is 10.9 Å². The summed E-state index contributed by atoms with van der Waals surface area (Å²) in [5.41, 5.74) is 3.43. The number of hydrogen-bond acceptors (Lipinski definition) is 4. The predicted molar refractivity (Wildman–Crippen MR) is 108 cm³/mol. The highest BCUT2D eigenvalue weighted by atomic mass is 16.5. The van der Waals surface area contributed by atoms with Crippen molar-refractivity contribution >= 4 is 22.8 Å². The van der Waals surface area contributed by atoms with Crippen molar-refractivity contribution in [3.63, 3.8) is 0 Å². The Kier molecular flexibility index (Phi) is 5.60. The summed E-state index contributed by atoms with van der Waals surface area (Å²) in [6.07, 6.45) is 7.18. The van der Waals surface area contributed by atoms with Crippen LogP contribution in [0.2, 0.25) is 0 Å². The predicted octanol–water partition coefficient (Wildman–Crippen LogP) is 3.92. The number of aryl methyl sites for hydroxylation is 1. The third-order valence-corrected chi connectivity index (χ3v) is 6.00. The van der Waals surface area contributed by atoms with Gasteiger partial charge in [-0.3, -0.25) is 9.78 Å². The number of fused-ring (bicyclic) bond motifs is 2. The molecule has 1 aliphatic carbocycles. The van der Waals surface area contributed by atoms with Crippen LogP contribution in [0.3, 0.4) is 0 Å². The number of esters is 1. The quantitative estimate of drug-likeness (QED) is 0.758. The molecule has 1 amide bonds. The lowest BCUT2D eigenvalue weighted by Gasteiger charge is -2.24. The summed E-state index contributed by atoms with van der Waals surface area (Å²) in [5, 5.41) is 0.822. The number of para-hydroxylation sites is 1. The van der Waals surface area contributed by atoms with Gasteiger partial charge in [0.1, 0.15) is 0 Å². The Labute approximate surface area is 166 Å². The lowest BCUT2D eigenvalue weighted by Crippen LogP contribution is -2.35. The van der Waals surface area contributed by atoms with Crippen LogP contribution in [0.5, 0.6) is 0 Å². The second-order valence-electron chi connectivity index (χ2n) is 8.15. The van der Waals surface area contributed by atoms with E-state index in [1.54, 1.807) is 0 Å². The average molecular weight is 380 g/mol. The normalized spacial score (nSPS) is 19.8. The molecular weight excluding hydrogens is 352 g/mol. The first-order chi connectivity index (χ1) is 13.6. The number of carbonyl (C=O) groups excluding carboxylic acids is 2. The highest BCUT2D eigenvalue weighted by Gasteiger charge is 2.27. The molecule has 0 N–H and O–H groups in total. The van der Waals surface area contributed by atoms with Crippen molar-refractivity contribution in [3.05, 3.63) is 41.1 Å². The first-order valence-corrected chi connectivity index (χ1v) is 10.5. The zero-order valence-electron chi connectivity index (χ0n) is 16.6. The number of nitrogens with zero attached hydrogens (tertiary/aromatic N) is 2. The molecular formula is C23H28N2O3. The Morgan fingerprint density at radius 3 is 2.68 bits per heavy atom. The molecule has 4 rings (SSSR count). The van der Waals surface area contributed by atoms with Gasteiger partial charge in [-0.05, 0) is 49.7 Å². The number of ether oxygens (including phenoxy) is 1. The smallest absolute Gasteiger partial charge is 0.339 e. The summed E-state index contributed by atoms with van der Waals surface area (Å²) in [6.45, 7) is 3.55. The van der Waals surface area contributed by atoms with Crippen LogP contribution in [0.15, 0.2) is 24.3 Å². The van der Waals surface area contributed by atoms with E-state index >= 15 is 0 Å². The topological polar surface area (TPSA) is 59.5 Å². The van der Waals surface area contributed by atoms with Crippen molar-refractivity contribution in [2.45, 2.75) is 51.9 Å². The van der Waals surface area contributed by atoms with Gasteiger partial charge < -0.3 is 9.64 Å². The molecule has 2 aliphatic rings. The van der Waals surface area contributed by atoms with Crippen molar-refractivity contribution in [2.24, 2.45) is 5.92 Å². The molecule has 0 radical (unpaired) electrons. The molecule has 5 nitrogen and oxygen atoms in total. The van der Waals surface area contributed by atoms with Gasteiger partial charge in [0, 0.05) is 24.2 Å². The number of aromatic nitrogens is 1. The van der Waals surface area contributed by atoms with E-state index in [4.69, 9.17) is 9.72 Å². The van der Waals surface area contributed by atoms with Crippen molar-refractivity contribution in [3.8, 4) is 0 Å². The van der Waals surface area contributed by atoms with Gasteiger partial charge in [-0.15, -0.1) is 0 Å². The lowest BCUT2D eigenvalue weighted by atomic mass is 9.84. The van der Waals surface area contributed by atoms with E-state index in [-0.39, 0.29) is 12.5 Å². The molecule has 0 bridgehead atoms. The van der Waals surface area contributed by atoms with Crippen LogP contribution in [-0.4, -0.2) is 41.5 Å². The standard InChI is InChI=1S/C23H28N2O3/c1-16-10-11-20-18(14-16)22(17-8-4-5-9-19(17)24-20)23(27)28-15-21(26)25-12-6-2-3-7-13-25/h4-5,8-9,16H,2-3,6-7,10-15H2,1H3/t16-/m1/s1. The molecule has 1 aromatic heterocycles. The van der Waals surface area contributed by atoms with Gasteiger partial charge in [0.15, 0.2) is 6.61 Å². The first-order valence-electron chi connectivity index (χ1n) is 10.5. The number of likely N-dealkylation sites (tertiary alicyclic amines) is 1. The zero-order valence-corrected chi connectivity index (χ0v) is 16.6. The van der Waals surface area contributed by atoms with E-state index in [0.717, 1.165) is 80.2 Å². The van der Waals surface area contributed by atoms with Gasteiger partial charge in [-0.25, -0.2) is 4.79 Å². The maximum absolute atomic E-state index is 13.1. The average Bonchev–Trinajstić information content (AvgIpc) is 2.99. The molecule has 2 aromatic rings. The van der Waals surface area contributed by atoms with Crippen LogP contribution in [0.4, 0.5) is 0 Å². The molecule has 1 saturated heterocycles. The van der Waals surface area contributed by atoms with Gasteiger partial charge in [-0.2, -0.15) is 0 Å². The van der Waals surface area contributed by atoms with E-state index in [1.165, 1.54) is 0 Å². The molecule has 0 spiro atoms. The number of carbonyl (C=O) groups is 2. The molecule has 1 aromatic carbocycles. The maximum atomic E-state index is 13.1. The third kappa shape index (κ3) is 3.89. The highest BCUT2D eigenvalue weighted by molar-refractivity contribution is 6.05. The first kappa shape index (κ1) is 18.9. The number of benzene rings is 1. The highest BCUT2D eigenvalue weighted by Crippen LogP contribution is 2.32. The summed E-state index contributed by atoms with van der Waals surface area (Å²) in [5.74, 6) is 0.0312. The fourth-order valence-electron chi connectivity index (χ4n) is 4.41. The van der Waals surface area contributed by atoms with E-state index in [0.29, 0.717) is 11.5 Å². The minimum absolute atomic E-state index is 0.0872. The van der Waals surface area contributed by atoms with Crippen molar-refractivity contribution in [1.82, 2.24) is 9.88 Å². The molecule has 1 aliphatic heterocycles. The molecule has 1 atom stereocenters. The third-order valence-electron chi connectivity index (χ3n) is 6.00. The number of amides is 1. The van der Waals surface area contributed by atoms with Crippen molar-refractivity contribution in [2.75, 3.05) is 19.7 Å². The van der Waals surface area contributed by atoms with E-state index in [2.05, 4.69) is 6.92 Å². The van der Waals surface area contributed by atoms with Crippen LogP contribution in [0, 0.1) is 5.92 Å². The molecule has 0 unspecified atom stereocenters. The second-order valence-corrected chi connectivity index (χ2v) is 8.15. The second kappa shape index (κ2) is 8.29. The molecule has 5 heteroatoms. The maximum Gasteiger partial charge on any atom is 0.339 e. The lowest BCUT2D eigenvalue weighted by molar-refractivity contribution is -0.134. The molecule has 148 valence electrons. The summed E-state index contributed by atoms with van der Waals surface area (Å²) in [6, 6.07) is 7.72. The van der Waals surface area contributed by atoms with E-state index < -0.39 is 5.97 Å². The minimum Gasteiger partial charge on any atom is -0.452 e. The summed E-state index contributed by atoms with van der Waals surface area (Å²) >= 11 is 0. The SMILES string of the molecule is C[C@@H]1CCc2nc3ccccc3c(C(=O)OCC(=O)N3CCCCCC3)c2C1. The van der Waals surface area contributed by atoms with Gasteiger partial charge in [0.25, 0.3) is 5.91 Å². The molecule has 2 heterocycles. The molecule has 0 saturated carbocycles. The monoisotopic (exact) mass is 380 g/mol. The Bertz CT molecular complexity index is 885. The minimum atomic E-state index is -0.396. The number of hydrogen-bond donors (Lipinski definition) is 0. The van der Waals surface area contributed by atoms with Gasteiger partial charge in [0.05, 0.1) is 11.1 Å². The fourth-order valence-corrected chi connectivity index (χ4v) is 4.41. The van der Waals surface area contributed by atoms with E-state index in [1.807, 2.05) is 29.2 Å². The van der Waals surface area contributed by atoms with Crippen LogP contribution in [0.1, 0.15) is 60.6 Å². The van der Waals surface area contributed by atoms with Gasteiger partial charge >= 0.3 is 5.97 Å². The Morgan fingerprint density at radius 1 is 1.14 bits per heavy atom. The molecule has 1 fully saturated rings. The van der Waals surface area contributed by atoms with Crippen LogP contribution >= 0.6 is 0 Å². The summed E-state index contributed by atoms with van der Waals surface area (Å²) < 4.78 is 5.54. The van der Waals surface area contributed by atoms with Gasteiger partial charge in [0.2, 0.25) is 0 Å². The van der Waals surface area contributed by atoms with Crippen LogP contribution < -0.4 is 0 Å². The largest absolute Gasteiger partial charge is 0.452 e. The summed E-state index contributed by atoms with van der Waals surface area (Å²) in [7, 11) is 0. The van der Waals surface area contributed by atoms with Crippen LogP contribution in [-0.2, 0) is 22.4 Å².